The van der Waals surface area contributed by atoms with E-state index in [0.717, 1.165) is 27.9 Å². The van der Waals surface area contributed by atoms with E-state index in [9.17, 15) is 0 Å². The monoisotopic (exact) mass is 388 g/mol. The Hall–Kier alpha value is -2.56. The number of hydrogen-bond acceptors (Lipinski definition) is 4. The Balaban J connectivity index is 1.61. The highest BCUT2D eigenvalue weighted by Gasteiger charge is 2.44. The van der Waals surface area contributed by atoms with Gasteiger partial charge in [-0.15, -0.1) is 22.7 Å². The maximum absolute atomic E-state index is 6.45. The normalized spacial score (nSPS) is 14.6. The number of hydrogen-bond donors (Lipinski definition) is 0. The molecule has 0 atom stereocenters. The number of benzene rings is 2. The molecule has 1 aliphatic rings. The molecule has 1 aliphatic carbocycles. The lowest BCUT2D eigenvalue weighted by molar-refractivity contribution is 0.415. The second-order valence-electron chi connectivity index (χ2n) is 7.17. The minimum Gasteiger partial charge on any atom is -0.497 e. The van der Waals surface area contributed by atoms with Crippen molar-refractivity contribution in [2.45, 2.75) is 12.3 Å². The topological polar surface area (TPSA) is 22.4 Å². The van der Waals surface area contributed by atoms with E-state index in [2.05, 4.69) is 60.1 Å². The lowest BCUT2D eigenvalue weighted by Crippen LogP contribution is -2.20. The number of methoxy groups -OCH3 is 1. The van der Waals surface area contributed by atoms with Crippen molar-refractivity contribution in [3.63, 3.8) is 0 Å². The number of ether oxygens (including phenoxy) is 1. The quantitative estimate of drug-likeness (QED) is 0.323. The first-order chi connectivity index (χ1) is 13.2. The van der Waals surface area contributed by atoms with Crippen LogP contribution in [-0.4, -0.2) is 7.11 Å². The van der Waals surface area contributed by atoms with Gasteiger partial charge in [0.05, 0.1) is 12.5 Å². The summed E-state index contributed by atoms with van der Waals surface area (Å²) in [6, 6.07) is 17.2. The SMILES string of the molecule is COc1ccc2cc3oc(C4(C)c5ccsc5-c5sccc54)cc3cc2c1. The van der Waals surface area contributed by atoms with Crippen LogP contribution in [0.25, 0.3) is 31.5 Å². The molecule has 6 rings (SSSR count). The van der Waals surface area contributed by atoms with Crippen LogP contribution in [0.15, 0.2) is 63.7 Å². The molecule has 4 heteroatoms. The molecular formula is C23H16O2S2. The zero-order chi connectivity index (χ0) is 18.2. The Kier molecular flexibility index (Phi) is 3.01. The summed E-state index contributed by atoms with van der Waals surface area (Å²) in [4.78, 5) is 2.77. The molecule has 27 heavy (non-hydrogen) atoms. The minimum absolute atomic E-state index is 0.229. The molecule has 5 aromatic rings. The van der Waals surface area contributed by atoms with Gasteiger partial charge in [0.15, 0.2) is 0 Å². The lowest BCUT2D eigenvalue weighted by Gasteiger charge is -2.22. The average molecular weight is 389 g/mol. The first-order valence-electron chi connectivity index (χ1n) is 8.86. The second-order valence-corrected chi connectivity index (χ2v) is 9.00. The zero-order valence-electron chi connectivity index (χ0n) is 14.9. The molecule has 0 spiro atoms. The summed E-state index contributed by atoms with van der Waals surface area (Å²) in [6.07, 6.45) is 0. The van der Waals surface area contributed by atoms with Gasteiger partial charge in [-0.1, -0.05) is 6.07 Å². The highest BCUT2D eigenvalue weighted by Crippen LogP contribution is 2.57. The molecule has 0 fully saturated rings. The first kappa shape index (κ1) is 15.5. The van der Waals surface area contributed by atoms with Crippen molar-refractivity contribution in [3.8, 4) is 15.5 Å². The van der Waals surface area contributed by atoms with E-state index in [1.54, 1.807) is 7.11 Å². The van der Waals surface area contributed by atoms with Gasteiger partial charge in [0.2, 0.25) is 0 Å². The van der Waals surface area contributed by atoms with Crippen LogP contribution in [0.1, 0.15) is 23.8 Å². The average Bonchev–Trinajstić information content (AvgIpc) is 3.44. The molecule has 132 valence electrons. The summed E-state index contributed by atoms with van der Waals surface area (Å²) < 4.78 is 11.8. The predicted molar refractivity (Wildman–Crippen MR) is 113 cm³/mol. The van der Waals surface area contributed by atoms with Crippen molar-refractivity contribution in [2.75, 3.05) is 7.11 Å². The third-order valence-electron chi connectivity index (χ3n) is 5.79. The number of fused-ring (bicyclic) bond motifs is 5. The fraction of sp³-hybridized carbons (Fsp3) is 0.130. The summed E-state index contributed by atoms with van der Waals surface area (Å²) in [5, 5.41) is 7.84. The van der Waals surface area contributed by atoms with E-state index in [1.807, 2.05) is 28.7 Å². The molecule has 3 aromatic heterocycles. The molecule has 0 radical (unpaired) electrons. The summed E-state index contributed by atoms with van der Waals surface area (Å²) in [5.41, 5.74) is 3.43. The van der Waals surface area contributed by atoms with Crippen molar-refractivity contribution >= 4 is 44.4 Å². The minimum atomic E-state index is -0.229. The summed E-state index contributed by atoms with van der Waals surface area (Å²) in [7, 11) is 1.70. The van der Waals surface area contributed by atoms with Gasteiger partial charge in [-0.3, -0.25) is 0 Å². The molecule has 0 unspecified atom stereocenters. The van der Waals surface area contributed by atoms with E-state index >= 15 is 0 Å². The Bertz CT molecular complexity index is 1290. The van der Waals surface area contributed by atoms with Gasteiger partial charge in [-0.05, 0) is 82.0 Å². The van der Waals surface area contributed by atoms with E-state index in [4.69, 9.17) is 9.15 Å². The van der Waals surface area contributed by atoms with Crippen molar-refractivity contribution < 1.29 is 9.15 Å². The molecular weight excluding hydrogens is 372 g/mol. The predicted octanol–water partition coefficient (Wildman–Crippen LogP) is 7.05. The third-order valence-corrected chi connectivity index (χ3v) is 7.78. The number of furan rings is 1. The van der Waals surface area contributed by atoms with Crippen molar-refractivity contribution in [2.24, 2.45) is 0 Å². The Morgan fingerprint density at radius 1 is 0.815 bits per heavy atom. The van der Waals surface area contributed by atoms with Crippen LogP contribution >= 0.6 is 22.7 Å². The third kappa shape index (κ3) is 1.94. The molecule has 0 saturated carbocycles. The summed E-state index contributed by atoms with van der Waals surface area (Å²) in [5.74, 6) is 1.88. The highest BCUT2D eigenvalue weighted by atomic mass is 32.1. The van der Waals surface area contributed by atoms with Gasteiger partial charge in [0.25, 0.3) is 0 Å². The molecule has 0 amide bonds. The molecule has 0 bridgehead atoms. The lowest BCUT2D eigenvalue weighted by atomic mass is 9.79. The highest BCUT2D eigenvalue weighted by molar-refractivity contribution is 7.21. The van der Waals surface area contributed by atoms with Crippen molar-refractivity contribution in [1.29, 1.82) is 0 Å². The maximum atomic E-state index is 6.45. The fourth-order valence-corrected chi connectivity index (χ4v) is 6.51. The Labute approximate surface area is 164 Å². The number of thiophene rings is 2. The van der Waals surface area contributed by atoms with Gasteiger partial charge >= 0.3 is 0 Å². The standard InChI is InChI=1S/C23H16O2S2/c1-23(17-5-7-26-21(17)22-18(23)6-8-27-22)20-12-15-9-14-10-16(24-2)4-3-13(14)11-19(15)25-20/h3-12H,1-2H3. The molecule has 2 aromatic carbocycles. The molecule has 3 heterocycles. The fourth-order valence-electron chi connectivity index (χ4n) is 4.30. The van der Waals surface area contributed by atoms with Gasteiger partial charge in [0.1, 0.15) is 17.1 Å². The van der Waals surface area contributed by atoms with Crippen LogP contribution < -0.4 is 4.74 Å². The van der Waals surface area contributed by atoms with E-state index in [0.29, 0.717) is 0 Å². The summed E-state index contributed by atoms with van der Waals surface area (Å²) >= 11 is 3.65. The first-order valence-corrected chi connectivity index (χ1v) is 10.6. The smallest absolute Gasteiger partial charge is 0.134 e. The zero-order valence-corrected chi connectivity index (χ0v) is 16.5. The van der Waals surface area contributed by atoms with Crippen LogP contribution in [0.4, 0.5) is 0 Å². The van der Waals surface area contributed by atoms with Crippen LogP contribution in [0.3, 0.4) is 0 Å². The Morgan fingerprint density at radius 3 is 2.26 bits per heavy atom. The van der Waals surface area contributed by atoms with Crippen molar-refractivity contribution in [1.82, 2.24) is 0 Å². The maximum Gasteiger partial charge on any atom is 0.134 e. The molecule has 0 N–H and O–H groups in total. The van der Waals surface area contributed by atoms with E-state index < -0.39 is 0 Å². The van der Waals surface area contributed by atoms with E-state index in [-0.39, 0.29) is 5.41 Å². The van der Waals surface area contributed by atoms with Crippen LogP contribution in [0.5, 0.6) is 5.75 Å². The van der Waals surface area contributed by atoms with Gasteiger partial charge in [-0.25, -0.2) is 0 Å². The molecule has 0 saturated heterocycles. The van der Waals surface area contributed by atoms with Crippen LogP contribution in [-0.2, 0) is 5.41 Å². The largest absolute Gasteiger partial charge is 0.497 e. The van der Waals surface area contributed by atoms with Crippen molar-refractivity contribution in [3.05, 3.63) is 76.2 Å². The van der Waals surface area contributed by atoms with E-state index in [1.165, 1.54) is 26.3 Å². The van der Waals surface area contributed by atoms with Gasteiger partial charge in [-0.2, -0.15) is 0 Å². The summed E-state index contributed by atoms with van der Waals surface area (Å²) in [6.45, 7) is 2.29. The van der Waals surface area contributed by atoms with Crippen LogP contribution in [0, 0.1) is 0 Å². The number of rotatable bonds is 2. The molecule has 2 nitrogen and oxygen atoms in total. The van der Waals surface area contributed by atoms with Crippen LogP contribution in [0.2, 0.25) is 0 Å². The molecule has 0 aliphatic heterocycles. The van der Waals surface area contributed by atoms with Gasteiger partial charge in [0, 0.05) is 15.1 Å². The second kappa shape index (κ2) is 5.24. The van der Waals surface area contributed by atoms with Gasteiger partial charge < -0.3 is 9.15 Å². The Morgan fingerprint density at radius 2 is 1.56 bits per heavy atom.